The Morgan fingerprint density at radius 3 is 2.64 bits per heavy atom. The molecule has 2 saturated carbocycles. The standard InChI is InChI=1S/C18H21N3O3S/c1-10-9-25-18(20-14-5-11-2-3-12(14)4-11)21(10)19-8-13-6-16(23)17(24)7-15(13)22/h6-9,11-12,14,22-24H,2-5H2,1H3. The summed E-state index contributed by atoms with van der Waals surface area (Å²) in [7, 11) is 0. The minimum Gasteiger partial charge on any atom is -0.507 e. The third-order valence-corrected chi connectivity index (χ3v) is 6.21. The van der Waals surface area contributed by atoms with E-state index < -0.39 is 0 Å². The number of aromatic hydroxyl groups is 3. The number of phenolic OH excluding ortho intramolecular Hbond substituents is 3. The first-order chi connectivity index (χ1) is 12.0. The Kier molecular flexibility index (Phi) is 4.03. The molecule has 2 bridgehead atoms. The third kappa shape index (κ3) is 3.04. The molecule has 7 heteroatoms. The van der Waals surface area contributed by atoms with Gasteiger partial charge in [-0.15, -0.1) is 11.3 Å². The van der Waals surface area contributed by atoms with Gasteiger partial charge >= 0.3 is 0 Å². The number of nitrogens with zero attached hydrogens (tertiary/aromatic N) is 3. The molecular formula is C18H21N3O3S. The van der Waals surface area contributed by atoms with Crippen LogP contribution in [0.25, 0.3) is 0 Å². The van der Waals surface area contributed by atoms with Gasteiger partial charge in [-0.25, -0.2) is 4.68 Å². The van der Waals surface area contributed by atoms with Crippen LogP contribution >= 0.6 is 11.3 Å². The Bertz CT molecular complexity index is 899. The molecule has 6 nitrogen and oxygen atoms in total. The molecule has 0 saturated heterocycles. The molecule has 2 aliphatic carbocycles. The topological polar surface area (TPSA) is 90.3 Å². The molecular weight excluding hydrogens is 338 g/mol. The van der Waals surface area contributed by atoms with Crippen molar-refractivity contribution >= 4 is 17.6 Å². The molecule has 4 rings (SSSR count). The summed E-state index contributed by atoms with van der Waals surface area (Å²) in [6.07, 6.45) is 6.59. The van der Waals surface area contributed by atoms with Gasteiger partial charge in [-0.2, -0.15) is 5.10 Å². The molecule has 25 heavy (non-hydrogen) atoms. The number of benzene rings is 1. The number of aryl methyl sites for hydroxylation is 1. The van der Waals surface area contributed by atoms with Crippen molar-refractivity contribution in [3.05, 3.63) is 33.6 Å². The van der Waals surface area contributed by atoms with E-state index in [1.807, 2.05) is 12.3 Å². The molecule has 3 N–H and O–H groups in total. The number of hydrogen-bond donors (Lipinski definition) is 3. The van der Waals surface area contributed by atoms with Gasteiger partial charge in [-0.05, 0) is 44.1 Å². The largest absolute Gasteiger partial charge is 0.507 e. The van der Waals surface area contributed by atoms with E-state index in [9.17, 15) is 15.3 Å². The van der Waals surface area contributed by atoms with E-state index >= 15 is 0 Å². The molecule has 0 amide bonds. The minimum atomic E-state index is -0.360. The molecule has 0 radical (unpaired) electrons. The zero-order valence-corrected chi connectivity index (χ0v) is 14.8. The average molecular weight is 359 g/mol. The van der Waals surface area contributed by atoms with Crippen LogP contribution in [-0.2, 0) is 0 Å². The summed E-state index contributed by atoms with van der Waals surface area (Å²) >= 11 is 1.57. The average Bonchev–Trinajstić information content (AvgIpc) is 3.27. The van der Waals surface area contributed by atoms with E-state index in [-0.39, 0.29) is 17.2 Å². The van der Waals surface area contributed by atoms with Gasteiger partial charge in [-0.3, -0.25) is 4.99 Å². The molecule has 3 unspecified atom stereocenters. The summed E-state index contributed by atoms with van der Waals surface area (Å²) in [4.78, 5) is 5.80. The minimum absolute atomic E-state index is 0.140. The van der Waals surface area contributed by atoms with Crippen LogP contribution in [0.4, 0.5) is 0 Å². The lowest BCUT2D eigenvalue weighted by atomic mass is 9.96. The van der Waals surface area contributed by atoms with Crippen LogP contribution in [0.5, 0.6) is 17.2 Å². The fourth-order valence-electron chi connectivity index (χ4n) is 3.93. The van der Waals surface area contributed by atoms with Crippen LogP contribution in [-0.4, -0.2) is 32.3 Å². The molecule has 2 aliphatic rings. The maximum atomic E-state index is 9.89. The third-order valence-electron chi connectivity index (χ3n) is 5.26. The van der Waals surface area contributed by atoms with Crippen molar-refractivity contribution in [3.8, 4) is 17.2 Å². The molecule has 0 aliphatic heterocycles. The van der Waals surface area contributed by atoms with E-state index in [1.165, 1.54) is 38.0 Å². The van der Waals surface area contributed by atoms with Crippen LogP contribution in [0.2, 0.25) is 0 Å². The number of fused-ring (bicyclic) bond motifs is 2. The molecule has 3 atom stereocenters. The number of hydrogen-bond acceptors (Lipinski definition) is 6. The quantitative estimate of drug-likeness (QED) is 0.447. The summed E-state index contributed by atoms with van der Waals surface area (Å²) in [5.74, 6) is 0.759. The Labute approximate surface area is 149 Å². The lowest BCUT2D eigenvalue weighted by Crippen LogP contribution is -2.21. The van der Waals surface area contributed by atoms with Gasteiger partial charge in [0.25, 0.3) is 0 Å². The van der Waals surface area contributed by atoms with Gasteiger partial charge in [0, 0.05) is 17.0 Å². The fraction of sp³-hybridized carbons (Fsp3) is 0.444. The zero-order valence-electron chi connectivity index (χ0n) is 14.0. The summed E-state index contributed by atoms with van der Waals surface area (Å²) < 4.78 is 1.76. The van der Waals surface area contributed by atoms with Gasteiger partial charge in [0.1, 0.15) is 5.75 Å². The van der Waals surface area contributed by atoms with Crippen molar-refractivity contribution in [1.29, 1.82) is 0 Å². The SMILES string of the molecule is Cc1csc(=NC2CC3CCC2C3)n1N=Cc1cc(O)c(O)cc1O. The molecule has 0 spiro atoms. The lowest BCUT2D eigenvalue weighted by molar-refractivity contribution is 0.396. The van der Waals surface area contributed by atoms with E-state index in [0.29, 0.717) is 17.5 Å². The lowest BCUT2D eigenvalue weighted by Gasteiger charge is -2.16. The van der Waals surface area contributed by atoms with E-state index in [1.54, 1.807) is 16.0 Å². The van der Waals surface area contributed by atoms with Gasteiger partial charge in [0.2, 0.25) is 4.80 Å². The van der Waals surface area contributed by atoms with Gasteiger partial charge in [0.15, 0.2) is 11.5 Å². The zero-order chi connectivity index (χ0) is 17.6. The predicted molar refractivity (Wildman–Crippen MR) is 96.3 cm³/mol. The summed E-state index contributed by atoms with van der Waals surface area (Å²) in [5.41, 5.74) is 1.30. The first-order valence-corrected chi connectivity index (χ1v) is 9.39. The van der Waals surface area contributed by atoms with Crippen LogP contribution in [0.1, 0.15) is 36.9 Å². The second kappa shape index (κ2) is 6.22. The highest BCUT2D eigenvalue weighted by atomic mass is 32.1. The molecule has 1 aromatic heterocycles. The first-order valence-electron chi connectivity index (χ1n) is 8.51. The summed E-state index contributed by atoms with van der Waals surface area (Å²) in [6, 6.07) is 2.77. The van der Waals surface area contributed by atoms with Gasteiger partial charge in [0.05, 0.1) is 18.0 Å². The molecule has 2 aromatic rings. The van der Waals surface area contributed by atoms with Crippen LogP contribution in [0, 0.1) is 18.8 Å². The highest BCUT2D eigenvalue weighted by Gasteiger charge is 2.39. The van der Waals surface area contributed by atoms with E-state index in [2.05, 4.69) is 5.10 Å². The molecule has 132 valence electrons. The number of phenols is 3. The van der Waals surface area contributed by atoms with Crippen molar-refractivity contribution in [2.24, 2.45) is 21.9 Å². The molecule has 1 heterocycles. The van der Waals surface area contributed by atoms with Gasteiger partial charge < -0.3 is 15.3 Å². The first kappa shape index (κ1) is 16.2. The van der Waals surface area contributed by atoms with Crippen molar-refractivity contribution in [2.75, 3.05) is 0 Å². The maximum Gasteiger partial charge on any atom is 0.206 e. The van der Waals surface area contributed by atoms with Crippen molar-refractivity contribution in [3.63, 3.8) is 0 Å². The van der Waals surface area contributed by atoms with Crippen LogP contribution in [0.3, 0.4) is 0 Å². The van der Waals surface area contributed by atoms with Crippen molar-refractivity contribution < 1.29 is 15.3 Å². The Balaban J connectivity index is 1.65. The van der Waals surface area contributed by atoms with E-state index in [4.69, 9.17) is 4.99 Å². The smallest absolute Gasteiger partial charge is 0.206 e. The monoisotopic (exact) mass is 359 g/mol. The Morgan fingerprint density at radius 1 is 1.12 bits per heavy atom. The number of aromatic nitrogens is 1. The molecule has 2 fully saturated rings. The fourth-order valence-corrected chi connectivity index (χ4v) is 4.79. The normalized spacial score (nSPS) is 26.1. The highest BCUT2D eigenvalue weighted by molar-refractivity contribution is 7.07. The highest BCUT2D eigenvalue weighted by Crippen LogP contribution is 2.45. The van der Waals surface area contributed by atoms with Gasteiger partial charge in [-0.1, -0.05) is 6.42 Å². The summed E-state index contributed by atoms with van der Waals surface area (Å²) in [6.45, 7) is 1.96. The Morgan fingerprint density at radius 2 is 1.92 bits per heavy atom. The second-order valence-electron chi connectivity index (χ2n) is 6.99. The number of thiazole rings is 1. The maximum absolute atomic E-state index is 9.89. The molecule has 1 aromatic carbocycles. The van der Waals surface area contributed by atoms with Crippen molar-refractivity contribution in [1.82, 2.24) is 4.68 Å². The summed E-state index contributed by atoms with van der Waals surface area (Å²) in [5, 5.41) is 35.3. The number of rotatable bonds is 3. The van der Waals surface area contributed by atoms with E-state index in [0.717, 1.165) is 22.5 Å². The Hall–Kier alpha value is -2.28. The second-order valence-corrected chi connectivity index (χ2v) is 7.82. The predicted octanol–water partition coefficient (Wildman–Crippen LogP) is 2.95. The van der Waals surface area contributed by atoms with Crippen LogP contribution in [0.15, 0.2) is 27.6 Å². The van der Waals surface area contributed by atoms with Crippen LogP contribution < -0.4 is 4.80 Å². The van der Waals surface area contributed by atoms with Crippen molar-refractivity contribution in [2.45, 2.75) is 38.6 Å².